The lowest BCUT2D eigenvalue weighted by molar-refractivity contribution is 0.300. The van der Waals surface area contributed by atoms with Gasteiger partial charge in [0.25, 0.3) is 0 Å². The molecule has 1 aromatic heterocycles. The zero-order chi connectivity index (χ0) is 9.26. The standard InChI is InChI=1S/C9H13N3O/c1-12-5-7(10)6-13-8-3-2-4-11-9(8)12/h2-4,7H,5-6,10H2,1H3/t7-/m0/s1. The third-order valence-corrected chi connectivity index (χ3v) is 2.07. The monoisotopic (exact) mass is 179 g/mol. The van der Waals surface area contributed by atoms with E-state index in [1.165, 1.54) is 0 Å². The van der Waals surface area contributed by atoms with E-state index < -0.39 is 0 Å². The highest BCUT2D eigenvalue weighted by atomic mass is 16.5. The average Bonchev–Trinajstić information content (AvgIpc) is 2.27. The number of rotatable bonds is 0. The second-order valence-corrected chi connectivity index (χ2v) is 3.28. The number of aromatic nitrogens is 1. The molecule has 13 heavy (non-hydrogen) atoms. The van der Waals surface area contributed by atoms with Crippen molar-refractivity contribution in [1.82, 2.24) is 4.98 Å². The van der Waals surface area contributed by atoms with Crippen LogP contribution in [0.3, 0.4) is 0 Å². The largest absolute Gasteiger partial charge is 0.488 e. The summed E-state index contributed by atoms with van der Waals surface area (Å²) in [5.74, 6) is 1.69. The van der Waals surface area contributed by atoms with Gasteiger partial charge in [0, 0.05) is 19.8 Å². The summed E-state index contributed by atoms with van der Waals surface area (Å²) in [5.41, 5.74) is 5.81. The molecule has 1 aliphatic rings. The first kappa shape index (κ1) is 8.31. The van der Waals surface area contributed by atoms with Crippen LogP contribution in [0, 0.1) is 0 Å². The molecule has 4 heteroatoms. The molecule has 0 fully saturated rings. The lowest BCUT2D eigenvalue weighted by Crippen LogP contribution is -2.37. The second-order valence-electron chi connectivity index (χ2n) is 3.28. The predicted octanol–water partition coefficient (Wildman–Crippen LogP) is 0.237. The number of hydrogen-bond acceptors (Lipinski definition) is 4. The van der Waals surface area contributed by atoms with Crippen LogP contribution in [0.4, 0.5) is 5.82 Å². The minimum atomic E-state index is 0.0548. The molecular formula is C9H13N3O. The number of pyridine rings is 1. The van der Waals surface area contributed by atoms with Crippen molar-refractivity contribution < 1.29 is 4.74 Å². The van der Waals surface area contributed by atoms with Crippen LogP contribution < -0.4 is 15.4 Å². The highest BCUT2D eigenvalue weighted by Gasteiger charge is 2.18. The van der Waals surface area contributed by atoms with Crippen molar-refractivity contribution in [1.29, 1.82) is 0 Å². The highest BCUT2D eigenvalue weighted by molar-refractivity contribution is 5.52. The summed E-state index contributed by atoms with van der Waals surface area (Å²) in [5, 5.41) is 0. The maximum Gasteiger partial charge on any atom is 0.171 e. The number of hydrogen-bond donors (Lipinski definition) is 1. The van der Waals surface area contributed by atoms with E-state index in [1.54, 1.807) is 6.20 Å². The summed E-state index contributed by atoms with van der Waals surface area (Å²) in [7, 11) is 1.97. The third kappa shape index (κ3) is 1.58. The molecule has 0 radical (unpaired) electrons. The Morgan fingerprint density at radius 1 is 1.69 bits per heavy atom. The van der Waals surface area contributed by atoms with Crippen LogP contribution in [0.2, 0.25) is 0 Å². The molecule has 0 aromatic carbocycles. The first-order valence-electron chi connectivity index (χ1n) is 4.32. The number of fused-ring (bicyclic) bond motifs is 1. The summed E-state index contributed by atoms with van der Waals surface area (Å²) in [6.07, 6.45) is 1.76. The van der Waals surface area contributed by atoms with Gasteiger partial charge in [0.1, 0.15) is 6.61 Å². The highest BCUT2D eigenvalue weighted by Crippen LogP contribution is 2.26. The summed E-state index contributed by atoms with van der Waals surface area (Å²) < 4.78 is 5.50. The Labute approximate surface area is 77.3 Å². The van der Waals surface area contributed by atoms with Crippen molar-refractivity contribution in [2.75, 3.05) is 25.1 Å². The van der Waals surface area contributed by atoms with Crippen molar-refractivity contribution in [2.45, 2.75) is 6.04 Å². The minimum absolute atomic E-state index is 0.0548. The molecule has 0 bridgehead atoms. The molecule has 2 rings (SSSR count). The van der Waals surface area contributed by atoms with E-state index in [0.717, 1.165) is 18.1 Å². The van der Waals surface area contributed by atoms with Crippen LogP contribution in [0.25, 0.3) is 0 Å². The van der Waals surface area contributed by atoms with Gasteiger partial charge in [-0.3, -0.25) is 0 Å². The van der Waals surface area contributed by atoms with Crippen LogP contribution in [-0.4, -0.2) is 31.2 Å². The smallest absolute Gasteiger partial charge is 0.171 e. The second kappa shape index (κ2) is 3.22. The van der Waals surface area contributed by atoms with Gasteiger partial charge in [0.05, 0.1) is 6.04 Å². The van der Waals surface area contributed by atoms with Gasteiger partial charge >= 0.3 is 0 Å². The molecular weight excluding hydrogens is 166 g/mol. The number of likely N-dealkylation sites (N-methyl/N-ethyl adjacent to an activating group) is 1. The van der Waals surface area contributed by atoms with Crippen LogP contribution in [0.5, 0.6) is 5.75 Å². The molecule has 0 saturated carbocycles. The van der Waals surface area contributed by atoms with E-state index in [2.05, 4.69) is 4.98 Å². The Kier molecular flexibility index (Phi) is 2.06. The quantitative estimate of drug-likeness (QED) is 0.619. The Morgan fingerprint density at radius 3 is 3.38 bits per heavy atom. The topological polar surface area (TPSA) is 51.4 Å². The van der Waals surface area contributed by atoms with Gasteiger partial charge in [-0.2, -0.15) is 0 Å². The molecule has 1 aromatic rings. The first-order valence-corrected chi connectivity index (χ1v) is 4.32. The number of anilines is 1. The predicted molar refractivity (Wildman–Crippen MR) is 51.0 cm³/mol. The van der Waals surface area contributed by atoms with Gasteiger partial charge in [0.15, 0.2) is 11.6 Å². The normalized spacial score (nSPS) is 21.7. The van der Waals surface area contributed by atoms with E-state index in [-0.39, 0.29) is 6.04 Å². The van der Waals surface area contributed by atoms with E-state index in [9.17, 15) is 0 Å². The molecule has 2 N–H and O–H groups in total. The molecule has 0 spiro atoms. The fraction of sp³-hybridized carbons (Fsp3) is 0.444. The summed E-state index contributed by atoms with van der Waals surface area (Å²) >= 11 is 0. The van der Waals surface area contributed by atoms with Crippen LogP contribution >= 0.6 is 0 Å². The SMILES string of the molecule is CN1C[C@H](N)COc2cccnc21. The van der Waals surface area contributed by atoms with Gasteiger partial charge in [-0.1, -0.05) is 0 Å². The van der Waals surface area contributed by atoms with E-state index in [0.29, 0.717) is 6.61 Å². The van der Waals surface area contributed by atoms with E-state index >= 15 is 0 Å². The molecule has 1 aliphatic heterocycles. The molecule has 0 unspecified atom stereocenters. The van der Waals surface area contributed by atoms with Crippen LogP contribution in [0.1, 0.15) is 0 Å². The Morgan fingerprint density at radius 2 is 2.54 bits per heavy atom. The molecule has 70 valence electrons. The first-order chi connectivity index (χ1) is 6.27. The fourth-order valence-corrected chi connectivity index (χ4v) is 1.47. The fourth-order valence-electron chi connectivity index (χ4n) is 1.47. The van der Waals surface area contributed by atoms with Gasteiger partial charge in [0.2, 0.25) is 0 Å². The molecule has 0 aliphatic carbocycles. The maximum atomic E-state index is 5.81. The summed E-state index contributed by atoms with van der Waals surface area (Å²) in [6, 6.07) is 3.83. The Bertz CT molecular complexity index is 303. The number of nitrogens with zero attached hydrogens (tertiary/aromatic N) is 2. The molecule has 0 saturated heterocycles. The Hall–Kier alpha value is -1.29. The van der Waals surface area contributed by atoms with Crippen molar-refractivity contribution in [3.63, 3.8) is 0 Å². The van der Waals surface area contributed by atoms with Gasteiger partial charge < -0.3 is 15.4 Å². The molecule has 1 atom stereocenters. The van der Waals surface area contributed by atoms with E-state index in [1.807, 2.05) is 24.1 Å². The van der Waals surface area contributed by atoms with Gasteiger partial charge in [-0.05, 0) is 12.1 Å². The lowest BCUT2D eigenvalue weighted by atomic mass is 10.3. The van der Waals surface area contributed by atoms with Crippen molar-refractivity contribution >= 4 is 5.82 Å². The molecule has 0 amide bonds. The van der Waals surface area contributed by atoms with Crippen LogP contribution in [0.15, 0.2) is 18.3 Å². The average molecular weight is 179 g/mol. The Balaban J connectivity index is 2.35. The molecule has 4 nitrogen and oxygen atoms in total. The zero-order valence-corrected chi connectivity index (χ0v) is 7.60. The van der Waals surface area contributed by atoms with E-state index in [4.69, 9.17) is 10.5 Å². The maximum absolute atomic E-state index is 5.81. The molecule has 2 heterocycles. The zero-order valence-electron chi connectivity index (χ0n) is 7.60. The van der Waals surface area contributed by atoms with Crippen LogP contribution in [-0.2, 0) is 0 Å². The van der Waals surface area contributed by atoms with Crippen molar-refractivity contribution in [3.8, 4) is 5.75 Å². The third-order valence-electron chi connectivity index (χ3n) is 2.07. The van der Waals surface area contributed by atoms with Crippen molar-refractivity contribution in [3.05, 3.63) is 18.3 Å². The van der Waals surface area contributed by atoms with Crippen molar-refractivity contribution in [2.24, 2.45) is 5.73 Å². The number of nitrogens with two attached hydrogens (primary N) is 1. The van der Waals surface area contributed by atoms with Gasteiger partial charge in [-0.15, -0.1) is 0 Å². The summed E-state index contributed by atoms with van der Waals surface area (Å²) in [6.45, 7) is 1.34. The lowest BCUT2D eigenvalue weighted by Gasteiger charge is -2.17. The summed E-state index contributed by atoms with van der Waals surface area (Å²) in [4.78, 5) is 6.26. The minimum Gasteiger partial charge on any atom is -0.488 e. The number of ether oxygens (including phenoxy) is 1. The van der Waals surface area contributed by atoms with Gasteiger partial charge in [-0.25, -0.2) is 4.98 Å².